The summed E-state index contributed by atoms with van der Waals surface area (Å²) in [7, 11) is 0. The first kappa shape index (κ1) is 13.4. The molecule has 0 bridgehead atoms. The quantitative estimate of drug-likeness (QED) is 0.632. The number of phenols is 1. The van der Waals surface area contributed by atoms with E-state index < -0.39 is 11.7 Å². The topological polar surface area (TPSA) is 94.5 Å². The molecule has 0 saturated heterocycles. The van der Waals surface area contributed by atoms with Gasteiger partial charge < -0.3 is 15.4 Å². The van der Waals surface area contributed by atoms with Gasteiger partial charge in [-0.05, 0) is 47.1 Å². The van der Waals surface area contributed by atoms with Crippen molar-refractivity contribution in [2.24, 2.45) is 5.18 Å². The Kier molecular flexibility index (Phi) is 2.71. The number of hydrogen-bond donors (Lipinski definition) is 3. The van der Waals surface area contributed by atoms with E-state index in [1.54, 1.807) is 6.07 Å². The van der Waals surface area contributed by atoms with Gasteiger partial charge in [0, 0.05) is 16.6 Å². The van der Waals surface area contributed by atoms with Crippen LogP contribution in [0.25, 0.3) is 10.9 Å². The van der Waals surface area contributed by atoms with Crippen LogP contribution in [0.15, 0.2) is 41.6 Å². The van der Waals surface area contributed by atoms with Gasteiger partial charge in [-0.2, -0.15) is 0 Å². The molecule has 6 nitrogen and oxygen atoms in total. The minimum Gasteiger partial charge on any atom is -0.508 e. The summed E-state index contributed by atoms with van der Waals surface area (Å²) in [5, 5.41) is 15.7. The van der Waals surface area contributed by atoms with Gasteiger partial charge in [0.25, 0.3) is 0 Å². The Labute approximate surface area is 128 Å². The van der Waals surface area contributed by atoms with Gasteiger partial charge >= 0.3 is 0 Å². The molecule has 1 unspecified atom stereocenters. The predicted octanol–water partition coefficient (Wildman–Crippen LogP) is 3.49. The monoisotopic (exact) mass is 311 g/mol. The SMILES string of the molecule is O=Nc1c(C2C(=O)Nc3ccc(F)cc32)[nH]c2ccc(O)cc12. The molecule has 1 aromatic heterocycles. The number of nitroso groups, excluding NO2 is 1. The third-order valence-corrected chi connectivity index (χ3v) is 4.01. The third kappa shape index (κ3) is 1.90. The summed E-state index contributed by atoms with van der Waals surface area (Å²) in [6.45, 7) is 0. The maximum Gasteiger partial charge on any atom is 0.238 e. The molecule has 23 heavy (non-hydrogen) atoms. The van der Waals surface area contributed by atoms with Crippen molar-refractivity contribution >= 4 is 28.2 Å². The second-order valence-corrected chi connectivity index (χ2v) is 5.36. The van der Waals surface area contributed by atoms with E-state index in [4.69, 9.17) is 0 Å². The molecule has 0 spiro atoms. The van der Waals surface area contributed by atoms with Gasteiger partial charge in [-0.1, -0.05) is 0 Å². The minimum absolute atomic E-state index is 0.0183. The number of anilines is 1. The van der Waals surface area contributed by atoms with Crippen LogP contribution in [0.2, 0.25) is 0 Å². The number of fused-ring (bicyclic) bond motifs is 2. The zero-order valence-corrected chi connectivity index (χ0v) is 11.6. The lowest BCUT2D eigenvalue weighted by atomic mass is 9.96. The number of carbonyl (C=O) groups is 1. The molecular formula is C16H10FN3O3. The molecule has 3 aromatic rings. The number of phenolic OH excluding ortho intramolecular Hbond substituents is 1. The smallest absolute Gasteiger partial charge is 0.238 e. The summed E-state index contributed by atoms with van der Waals surface area (Å²) in [6.07, 6.45) is 0. The number of rotatable bonds is 2. The molecule has 3 N–H and O–H groups in total. The molecule has 4 rings (SSSR count). The van der Waals surface area contributed by atoms with Crippen LogP contribution in [0.3, 0.4) is 0 Å². The van der Waals surface area contributed by atoms with Crippen LogP contribution in [0.5, 0.6) is 5.75 Å². The van der Waals surface area contributed by atoms with Crippen LogP contribution >= 0.6 is 0 Å². The lowest BCUT2D eigenvalue weighted by Gasteiger charge is -2.07. The van der Waals surface area contributed by atoms with Crippen molar-refractivity contribution in [1.82, 2.24) is 4.98 Å². The summed E-state index contributed by atoms with van der Waals surface area (Å²) < 4.78 is 13.6. The van der Waals surface area contributed by atoms with Crippen LogP contribution < -0.4 is 5.32 Å². The van der Waals surface area contributed by atoms with Crippen molar-refractivity contribution in [2.75, 3.05) is 5.32 Å². The molecule has 7 heteroatoms. The number of aromatic hydroxyl groups is 1. The van der Waals surface area contributed by atoms with Crippen LogP contribution in [0.1, 0.15) is 17.2 Å². The molecular weight excluding hydrogens is 301 g/mol. The Morgan fingerprint density at radius 3 is 2.78 bits per heavy atom. The van der Waals surface area contributed by atoms with E-state index in [2.05, 4.69) is 15.5 Å². The number of benzene rings is 2. The normalized spacial score (nSPS) is 16.4. The molecule has 2 heterocycles. The van der Waals surface area contributed by atoms with Gasteiger partial charge in [0.15, 0.2) is 0 Å². The number of H-pyrrole nitrogens is 1. The predicted molar refractivity (Wildman–Crippen MR) is 82.3 cm³/mol. The Morgan fingerprint density at radius 1 is 1.17 bits per heavy atom. The molecule has 114 valence electrons. The van der Waals surface area contributed by atoms with Crippen LogP contribution in [-0.4, -0.2) is 16.0 Å². The van der Waals surface area contributed by atoms with E-state index in [0.29, 0.717) is 22.2 Å². The van der Waals surface area contributed by atoms with Crippen molar-refractivity contribution in [3.8, 4) is 5.75 Å². The summed E-state index contributed by atoms with van der Waals surface area (Å²) in [5.41, 5.74) is 1.82. The Bertz CT molecular complexity index is 980. The lowest BCUT2D eigenvalue weighted by molar-refractivity contribution is -0.116. The first-order valence-corrected chi connectivity index (χ1v) is 6.86. The fourth-order valence-corrected chi connectivity index (χ4v) is 3.01. The second-order valence-electron chi connectivity index (χ2n) is 5.36. The maximum absolute atomic E-state index is 13.6. The number of nitrogens with one attached hydrogen (secondary N) is 2. The fourth-order valence-electron chi connectivity index (χ4n) is 3.01. The second kappa shape index (κ2) is 4.64. The van der Waals surface area contributed by atoms with E-state index in [1.165, 1.54) is 30.3 Å². The number of amides is 1. The third-order valence-electron chi connectivity index (χ3n) is 4.01. The fraction of sp³-hybridized carbons (Fsp3) is 0.0625. The Hall–Kier alpha value is -3.22. The zero-order valence-electron chi connectivity index (χ0n) is 11.6. The summed E-state index contributed by atoms with van der Waals surface area (Å²) in [4.78, 5) is 26.6. The van der Waals surface area contributed by atoms with Gasteiger partial charge in [-0.3, -0.25) is 4.79 Å². The molecule has 1 aliphatic heterocycles. The van der Waals surface area contributed by atoms with Crippen molar-refractivity contribution in [1.29, 1.82) is 0 Å². The highest BCUT2D eigenvalue weighted by Gasteiger charge is 2.36. The van der Waals surface area contributed by atoms with Gasteiger partial charge in [0.2, 0.25) is 5.91 Å². The number of halogens is 1. The average molecular weight is 311 g/mol. The molecule has 0 fully saturated rings. The zero-order chi connectivity index (χ0) is 16.1. The number of aromatic amines is 1. The van der Waals surface area contributed by atoms with Crippen LogP contribution in [-0.2, 0) is 4.79 Å². The summed E-state index contributed by atoms with van der Waals surface area (Å²) >= 11 is 0. The molecule has 0 aliphatic carbocycles. The highest BCUT2D eigenvalue weighted by atomic mass is 19.1. The van der Waals surface area contributed by atoms with E-state index in [-0.39, 0.29) is 23.0 Å². The average Bonchev–Trinajstić information content (AvgIpc) is 3.02. The van der Waals surface area contributed by atoms with E-state index in [9.17, 15) is 19.2 Å². The molecule has 1 amide bonds. The van der Waals surface area contributed by atoms with Crippen molar-refractivity contribution in [3.63, 3.8) is 0 Å². The number of carbonyl (C=O) groups excluding carboxylic acids is 1. The minimum atomic E-state index is -0.858. The van der Waals surface area contributed by atoms with Gasteiger partial charge in [-0.25, -0.2) is 4.39 Å². The van der Waals surface area contributed by atoms with Crippen LogP contribution in [0.4, 0.5) is 15.8 Å². The van der Waals surface area contributed by atoms with Gasteiger partial charge in [-0.15, -0.1) is 4.91 Å². The molecule has 0 radical (unpaired) electrons. The highest BCUT2D eigenvalue weighted by molar-refractivity contribution is 6.07. The Balaban J connectivity index is 1.98. The van der Waals surface area contributed by atoms with Crippen molar-refractivity contribution in [2.45, 2.75) is 5.92 Å². The van der Waals surface area contributed by atoms with Crippen molar-refractivity contribution in [3.05, 3.63) is 58.4 Å². The standard InChI is InChI=1S/C16H10FN3O3/c17-7-1-3-11-9(5-7)13(16(22)19-11)15-14(20-23)10-6-8(21)2-4-12(10)18-15/h1-6,13,18,21H,(H,19,22). The van der Waals surface area contributed by atoms with Gasteiger partial charge in [0.1, 0.15) is 23.2 Å². The van der Waals surface area contributed by atoms with Gasteiger partial charge in [0.05, 0.1) is 5.69 Å². The molecule has 1 atom stereocenters. The Morgan fingerprint density at radius 2 is 2.00 bits per heavy atom. The highest BCUT2D eigenvalue weighted by Crippen LogP contribution is 2.43. The molecule has 0 saturated carbocycles. The number of hydrogen-bond acceptors (Lipinski definition) is 4. The maximum atomic E-state index is 13.6. The van der Waals surface area contributed by atoms with Crippen LogP contribution in [0, 0.1) is 10.7 Å². The first-order valence-electron chi connectivity index (χ1n) is 6.86. The van der Waals surface area contributed by atoms with E-state index in [1.807, 2.05) is 0 Å². The lowest BCUT2D eigenvalue weighted by Crippen LogP contribution is -2.13. The number of nitrogens with zero attached hydrogens (tertiary/aromatic N) is 1. The molecule has 1 aliphatic rings. The van der Waals surface area contributed by atoms with E-state index >= 15 is 0 Å². The largest absolute Gasteiger partial charge is 0.508 e. The molecule has 2 aromatic carbocycles. The number of aromatic nitrogens is 1. The summed E-state index contributed by atoms with van der Waals surface area (Å²) in [5.74, 6) is -1.72. The van der Waals surface area contributed by atoms with E-state index in [0.717, 1.165) is 0 Å². The van der Waals surface area contributed by atoms with Crippen molar-refractivity contribution < 1.29 is 14.3 Å². The summed E-state index contributed by atoms with van der Waals surface area (Å²) in [6, 6.07) is 8.43. The first-order chi connectivity index (χ1) is 11.1.